The number of rotatable bonds is 3. The average Bonchev–Trinajstić information content (AvgIpc) is 2.56. The fourth-order valence-corrected chi connectivity index (χ4v) is 1.65. The number of ether oxygens (including phenoxy) is 1. The van der Waals surface area contributed by atoms with Crippen molar-refractivity contribution >= 4 is 11.6 Å². The lowest BCUT2D eigenvalue weighted by Gasteiger charge is -2.07. The van der Waals surface area contributed by atoms with Gasteiger partial charge >= 0.3 is 0 Å². The van der Waals surface area contributed by atoms with Crippen molar-refractivity contribution in [3.05, 3.63) is 35.3 Å². The molecule has 2 rings (SSSR count). The molecule has 0 radical (unpaired) electrons. The molecule has 0 aliphatic carbocycles. The van der Waals surface area contributed by atoms with E-state index in [2.05, 4.69) is 5.10 Å². The van der Waals surface area contributed by atoms with Crippen molar-refractivity contribution in [3.63, 3.8) is 0 Å². The number of nitrogens with two attached hydrogens (primary N) is 2. The average molecular weight is 264 g/mol. The zero-order valence-corrected chi connectivity index (χ0v) is 10.5. The molecule has 4 N–H and O–H groups in total. The Balaban J connectivity index is 2.34. The van der Waals surface area contributed by atoms with E-state index >= 15 is 0 Å². The summed E-state index contributed by atoms with van der Waals surface area (Å²) in [4.78, 5) is 10.9. The number of anilines is 1. The van der Waals surface area contributed by atoms with Crippen molar-refractivity contribution in [1.29, 1.82) is 0 Å². The number of hydrogen-bond donors (Lipinski definition) is 2. The summed E-state index contributed by atoms with van der Waals surface area (Å²) in [6, 6.07) is 3.76. The van der Waals surface area contributed by atoms with Crippen molar-refractivity contribution in [2.75, 3.05) is 5.73 Å². The normalized spacial score (nSPS) is 10.5. The molecule has 2 aromatic rings. The molecule has 7 heteroatoms. The lowest BCUT2D eigenvalue weighted by atomic mass is 10.2. The van der Waals surface area contributed by atoms with Crippen LogP contribution in [-0.2, 0) is 7.05 Å². The topological polar surface area (TPSA) is 96.2 Å². The maximum absolute atomic E-state index is 13.6. The van der Waals surface area contributed by atoms with E-state index in [1.807, 2.05) is 0 Å². The molecule has 19 heavy (non-hydrogen) atoms. The molecule has 1 aromatic heterocycles. The predicted molar refractivity (Wildman–Crippen MR) is 67.3 cm³/mol. The number of nitrogen functional groups attached to an aromatic ring is 1. The number of amides is 1. The molecule has 1 aromatic carbocycles. The minimum Gasteiger partial charge on any atom is -0.437 e. The highest BCUT2D eigenvalue weighted by atomic mass is 19.1. The van der Waals surface area contributed by atoms with E-state index < -0.39 is 11.7 Å². The van der Waals surface area contributed by atoms with E-state index in [-0.39, 0.29) is 11.3 Å². The summed E-state index contributed by atoms with van der Waals surface area (Å²) < 4.78 is 20.5. The lowest BCUT2D eigenvalue weighted by molar-refractivity contribution is 0.0996. The van der Waals surface area contributed by atoms with Gasteiger partial charge < -0.3 is 16.2 Å². The van der Waals surface area contributed by atoms with E-state index in [4.69, 9.17) is 16.2 Å². The van der Waals surface area contributed by atoms with Crippen LogP contribution in [0.4, 0.5) is 10.1 Å². The molecule has 0 aliphatic heterocycles. The minimum absolute atomic E-state index is 0.193. The molecule has 0 spiro atoms. The summed E-state index contributed by atoms with van der Waals surface area (Å²) in [6.45, 7) is 1.74. The second kappa shape index (κ2) is 4.60. The van der Waals surface area contributed by atoms with Gasteiger partial charge in [-0.15, -0.1) is 0 Å². The molecule has 0 unspecified atom stereocenters. The molecule has 1 heterocycles. The second-order valence-corrected chi connectivity index (χ2v) is 4.04. The lowest BCUT2D eigenvalue weighted by Crippen LogP contribution is -2.12. The number of aryl methyl sites for hydroxylation is 2. The summed E-state index contributed by atoms with van der Waals surface area (Å²) >= 11 is 0. The Bertz CT molecular complexity index is 651. The Labute approximate surface area is 108 Å². The number of halogens is 1. The molecule has 0 saturated heterocycles. The molecular weight excluding hydrogens is 251 g/mol. The molecule has 0 bridgehead atoms. The largest absolute Gasteiger partial charge is 0.437 e. The van der Waals surface area contributed by atoms with Crippen LogP contribution in [0.5, 0.6) is 11.6 Å². The highest BCUT2D eigenvalue weighted by Gasteiger charge is 2.14. The first-order valence-corrected chi connectivity index (χ1v) is 5.46. The summed E-state index contributed by atoms with van der Waals surface area (Å²) in [5.41, 5.74) is 11.6. The number of hydrogen-bond acceptors (Lipinski definition) is 4. The van der Waals surface area contributed by atoms with Crippen molar-refractivity contribution < 1.29 is 13.9 Å². The van der Waals surface area contributed by atoms with Crippen LogP contribution in [-0.4, -0.2) is 15.7 Å². The Morgan fingerprint density at radius 2 is 2.16 bits per heavy atom. The summed E-state index contributed by atoms with van der Waals surface area (Å²) in [7, 11) is 1.66. The van der Waals surface area contributed by atoms with Crippen LogP contribution in [0.1, 0.15) is 16.1 Å². The first-order valence-electron chi connectivity index (χ1n) is 5.46. The number of carbonyl (C=O) groups excluding carboxylic acids is 1. The van der Waals surface area contributed by atoms with E-state index in [1.165, 1.54) is 16.8 Å². The molecule has 0 fully saturated rings. The van der Waals surface area contributed by atoms with Gasteiger partial charge in [-0.2, -0.15) is 5.10 Å². The van der Waals surface area contributed by atoms with Crippen LogP contribution in [0, 0.1) is 12.7 Å². The third kappa shape index (κ3) is 2.35. The molecular formula is C12H13FN4O2. The van der Waals surface area contributed by atoms with Gasteiger partial charge in [0.2, 0.25) is 5.88 Å². The van der Waals surface area contributed by atoms with Crippen LogP contribution in [0.3, 0.4) is 0 Å². The van der Waals surface area contributed by atoms with Gasteiger partial charge in [0.1, 0.15) is 17.3 Å². The molecule has 6 nitrogen and oxygen atoms in total. The van der Waals surface area contributed by atoms with Crippen LogP contribution < -0.4 is 16.2 Å². The highest BCUT2D eigenvalue weighted by molar-refractivity contribution is 5.93. The van der Waals surface area contributed by atoms with Crippen molar-refractivity contribution in [3.8, 4) is 11.6 Å². The third-order valence-electron chi connectivity index (χ3n) is 2.63. The van der Waals surface area contributed by atoms with Crippen LogP contribution in [0.15, 0.2) is 18.2 Å². The monoisotopic (exact) mass is 264 g/mol. The maximum atomic E-state index is 13.6. The first-order chi connectivity index (χ1) is 8.90. The Morgan fingerprint density at radius 1 is 1.47 bits per heavy atom. The standard InChI is InChI=1S/C12H13FN4O2/c1-6-10(14)12(17(2)16-6)19-7-3-4-8(11(15)18)9(13)5-7/h3-5H,14H2,1-2H3,(H2,15,18). The van der Waals surface area contributed by atoms with E-state index in [0.29, 0.717) is 17.3 Å². The Kier molecular flexibility index (Phi) is 3.12. The van der Waals surface area contributed by atoms with Crippen LogP contribution in [0.2, 0.25) is 0 Å². The number of benzene rings is 1. The van der Waals surface area contributed by atoms with Gasteiger partial charge in [0.15, 0.2) is 0 Å². The third-order valence-corrected chi connectivity index (χ3v) is 2.63. The quantitative estimate of drug-likeness (QED) is 0.874. The van der Waals surface area contributed by atoms with E-state index in [9.17, 15) is 9.18 Å². The number of nitrogens with zero attached hydrogens (tertiary/aromatic N) is 2. The van der Waals surface area contributed by atoms with Crippen LogP contribution >= 0.6 is 0 Å². The smallest absolute Gasteiger partial charge is 0.251 e. The van der Waals surface area contributed by atoms with Gasteiger partial charge in [0.05, 0.1) is 11.3 Å². The minimum atomic E-state index is -0.833. The Hall–Kier alpha value is -2.57. The molecule has 0 saturated carbocycles. The van der Waals surface area contributed by atoms with Crippen molar-refractivity contribution in [2.24, 2.45) is 12.8 Å². The van der Waals surface area contributed by atoms with Crippen molar-refractivity contribution in [1.82, 2.24) is 9.78 Å². The van der Waals surface area contributed by atoms with Gasteiger partial charge in [-0.1, -0.05) is 0 Å². The molecule has 100 valence electrons. The van der Waals surface area contributed by atoms with Gasteiger partial charge in [-0.05, 0) is 19.1 Å². The van der Waals surface area contributed by atoms with Crippen LogP contribution in [0.25, 0.3) is 0 Å². The van der Waals surface area contributed by atoms with Gasteiger partial charge in [-0.3, -0.25) is 4.79 Å². The fourth-order valence-electron chi connectivity index (χ4n) is 1.65. The number of primary amides is 1. The fraction of sp³-hybridized carbons (Fsp3) is 0.167. The number of carbonyl (C=O) groups is 1. The first kappa shape index (κ1) is 12.9. The predicted octanol–water partition coefficient (Wildman–Crippen LogP) is 1.34. The zero-order chi connectivity index (χ0) is 14.2. The second-order valence-electron chi connectivity index (χ2n) is 4.04. The van der Waals surface area contributed by atoms with Gasteiger partial charge in [0, 0.05) is 13.1 Å². The van der Waals surface area contributed by atoms with Crippen molar-refractivity contribution in [2.45, 2.75) is 6.92 Å². The zero-order valence-electron chi connectivity index (χ0n) is 10.5. The van der Waals surface area contributed by atoms with Gasteiger partial charge in [-0.25, -0.2) is 9.07 Å². The summed E-state index contributed by atoms with van der Waals surface area (Å²) in [5, 5.41) is 4.07. The molecule has 0 atom stereocenters. The molecule has 1 amide bonds. The Morgan fingerprint density at radius 3 is 2.63 bits per heavy atom. The summed E-state index contributed by atoms with van der Waals surface area (Å²) in [6.07, 6.45) is 0. The van der Waals surface area contributed by atoms with E-state index in [1.54, 1.807) is 14.0 Å². The number of aromatic nitrogens is 2. The highest BCUT2D eigenvalue weighted by Crippen LogP contribution is 2.29. The van der Waals surface area contributed by atoms with Gasteiger partial charge in [0.25, 0.3) is 5.91 Å². The SMILES string of the molecule is Cc1nn(C)c(Oc2ccc(C(N)=O)c(F)c2)c1N. The summed E-state index contributed by atoms with van der Waals surface area (Å²) in [5.74, 6) is -1.07. The van der Waals surface area contributed by atoms with E-state index in [0.717, 1.165) is 6.07 Å². The maximum Gasteiger partial charge on any atom is 0.251 e. The molecule has 0 aliphatic rings.